The van der Waals surface area contributed by atoms with Crippen LogP contribution in [0.15, 0.2) is 129 Å². The maximum absolute atomic E-state index is 12.9. The van der Waals surface area contributed by atoms with Gasteiger partial charge in [0.05, 0.1) is 27.8 Å². The molecule has 0 unspecified atom stereocenters. The molecule has 0 aliphatic carbocycles. The molecule has 0 amide bonds. The predicted octanol–water partition coefficient (Wildman–Crippen LogP) is 3.90. The topological polar surface area (TPSA) is 121 Å². The molecule has 0 spiro atoms. The first-order valence-corrected chi connectivity index (χ1v) is 15.7. The minimum absolute atomic E-state index is 0.0678. The summed E-state index contributed by atoms with van der Waals surface area (Å²) in [4.78, 5) is 2.34. The van der Waals surface area contributed by atoms with Gasteiger partial charge in [0.15, 0.2) is 0 Å². The first-order valence-electron chi connectivity index (χ1n) is 12.2. The highest BCUT2D eigenvalue weighted by atomic mass is 32.2. The van der Waals surface area contributed by atoms with Gasteiger partial charge in [-0.1, -0.05) is 18.2 Å². The molecule has 9 nitrogen and oxygen atoms in total. The van der Waals surface area contributed by atoms with Crippen LogP contribution in [-0.4, -0.2) is 35.4 Å². The lowest BCUT2D eigenvalue weighted by atomic mass is 10.0. The Hall–Kier alpha value is -4.06. The van der Waals surface area contributed by atoms with E-state index in [1.165, 1.54) is 6.26 Å². The third-order valence-corrected chi connectivity index (χ3v) is 8.83. The molecule has 0 radical (unpaired) electrons. The standard InChI is InChI=1S/C28H28N4O5S2/c1-38(33,34)16-14-29-18-23-9-12-28(37-23)32-15-13-21-17-30-19-27(26(21)20-32)31-22-7-10-25(11-8-22)39(35,36)24-5-3-2-4-6-24/h2-13,15,17,19-20,29-31H,14,16,18H2,1H3. The first kappa shape index (κ1) is 26.5. The maximum Gasteiger partial charge on any atom is 0.206 e. The van der Waals surface area contributed by atoms with Crippen molar-refractivity contribution >= 4 is 31.2 Å². The molecule has 11 heteroatoms. The molecule has 39 heavy (non-hydrogen) atoms. The van der Waals surface area contributed by atoms with E-state index in [-0.39, 0.29) is 15.5 Å². The van der Waals surface area contributed by atoms with Crippen molar-refractivity contribution in [1.82, 2.24) is 10.6 Å². The second-order valence-electron chi connectivity index (χ2n) is 9.10. The predicted molar refractivity (Wildman–Crippen MR) is 151 cm³/mol. The SMILES string of the molecule is CS(=O)(=O)CCNCc1ccc(N2C=CC3=CNC=C(Nc4ccc(S(=O)(=O)c5ccccc5)cc4)C3=C2)o1. The lowest BCUT2D eigenvalue weighted by Gasteiger charge is -2.26. The Balaban J connectivity index is 1.27. The molecule has 0 atom stereocenters. The van der Waals surface area contributed by atoms with E-state index < -0.39 is 19.7 Å². The van der Waals surface area contributed by atoms with Crippen molar-refractivity contribution < 1.29 is 21.3 Å². The Morgan fingerprint density at radius 3 is 2.38 bits per heavy atom. The van der Waals surface area contributed by atoms with E-state index in [1.54, 1.807) is 54.6 Å². The number of allylic oxidation sites excluding steroid dienone is 2. The van der Waals surface area contributed by atoms with E-state index in [9.17, 15) is 16.8 Å². The van der Waals surface area contributed by atoms with Crippen LogP contribution in [0.1, 0.15) is 5.76 Å². The molecule has 0 fully saturated rings. The van der Waals surface area contributed by atoms with Crippen molar-refractivity contribution in [3.8, 4) is 0 Å². The number of rotatable bonds is 10. The molecule has 3 heterocycles. The fourth-order valence-electron chi connectivity index (χ4n) is 4.07. The Bertz CT molecular complexity index is 1690. The summed E-state index contributed by atoms with van der Waals surface area (Å²) in [5, 5.41) is 9.59. The van der Waals surface area contributed by atoms with Gasteiger partial charge < -0.3 is 20.4 Å². The number of hydrogen-bond acceptors (Lipinski definition) is 9. The van der Waals surface area contributed by atoms with Crippen LogP contribution in [0, 0.1) is 0 Å². The minimum atomic E-state index is -3.59. The number of nitrogens with one attached hydrogen (secondary N) is 3. The normalized spacial score (nSPS) is 15.1. The van der Waals surface area contributed by atoms with Crippen molar-refractivity contribution in [1.29, 1.82) is 0 Å². The average Bonchev–Trinajstić information content (AvgIpc) is 3.40. The van der Waals surface area contributed by atoms with E-state index in [2.05, 4.69) is 16.0 Å². The van der Waals surface area contributed by atoms with Gasteiger partial charge in [0, 0.05) is 60.5 Å². The second kappa shape index (κ2) is 11.0. The Morgan fingerprint density at radius 1 is 0.897 bits per heavy atom. The fourth-order valence-corrected chi connectivity index (χ4v) is 5.87. The van der Waals surface area contributed by atoms with Crippen LogP contribution < -0.4 is 20.9 Å². The van der Waals surface area contributed by atoms with E-state index in [4.69, 9.17) is 4.42 Å². The van der Waals surface area contributed by atoms with Crippen molar-refractivity contribution in [2.24, 2.45) is 0 Å². The molecule has 2 aliphatic heterocycles. The smallest absolute Gasteiger partial charge is 0.206 e. The summed E-state index contributed by atoms with van der Waals surface area (Å²) in [6.07, 6.45) is 10.7. The highest BCUT2D eigenvalue weighted by Gasteiger charge is 2.21. The van der Waals surface area contributed by atoms with Crippen LogP contribution in [-0.2, 0) is 26.2 Å². The van der Waals surface area contributed by atoms with Gasteiger partial charge in [0.25, 0.3) is 0 Å². The van der Waals surface area contributed by atoms with Crippen molar-refractivity contribution in [3.63, 3.8) is 0 Å². The van der Waals surface area contributed by atoms with Gasteiger partial charge in [-0.25, -0.2) is 16.8 Å². The molecule has 1 aromatic heterocycles. The lowest BCUT2D eigenvalue weighted by Crippen LogP contribution is -2.21. The minimum Gasteiger partial charge on any atom is -0.443 e. The molecule has 5 rings (SSSR count). The quantitative estimate of drug-likeness (QED) is 0.315. The highest BCUT2D eigenvalue weighted by molar-refractivity contribution is 7.91. The van der Waals surface area contributed by atoms with Gasteiger partial charge in [-0.2, -0.15) is 0 Å². The van der Waals surface area contributed by atoms with Crippen LogP contribution in [0.4, 0.5) is 11.6 Å². The number of benzene rings is 2. The van der Waals surface area contributed by atoms with E-state index in [0.29, 0.717) is 24.7 Å². The van der Waals surface area contributed by atoms with Crippen LogP contribution in [0.25, 0.3) is 0 Å². The number of sulfone groups is 2. The third kappa shape index (κ3) is 6.33. The van der Waals surface area contributed by atoms with Gasteiger partial charge >= 0.3 is 0 Å². The van der Waals surface area contributed by atoms with Crippen molar-refractivity contribution in [2.75, 3.05) is 28.8 Å². The number of dihydropyridines is 1. The molecule has 0 saturated carbocycles. The largest absolute Gasteiger partial charge is 0.443 e. The monoisotopic (exact) mass is 564 g/mol. The summed E-state index contributed by atoms with van der Waals surface area (Å²) in [6.45, 7) is 0.768. The highest BCUT2D eigenvalue weighted by Crippen LogP contribution is 2.32. The molecule has 3 aromatic rings. The number of anilines is 2. The summed E-state index contributed by atoms with van der Waals surface area (Å²) in [7, 11) is -6.61. The number of hydrogen-bond donors (Lipinski definition) is 3. The number of fused-ring (bicyclic) bond motifs is 1. The number of nitrogens with zero attached hydrogens (tertiary/aromatic N) is 1. The van der Waals surface area contributed by atoms with Gasteiger partial charge in [0.1, 0.15) is 15.6 Å². The summed E-state index contributed by atoms with van der Waals surface area (Å²) < 4.78 is 54.3. The van der Waals surface area contributed by atoms with Gasteiger partial charge in [-0.3, -0.25) is 4.90 Å². The van der Waals surface area contributed by atoms with Crippen molar-refractivity contribution in [3.05, 3.63) is 120 Å². The van der Waals surface area contributed by atoms with Crippen LogP contribution >= 0.6 is 0 Å². The van der Waals surface area contributed by atoms with E-state index in [0.717, 1.165) is 22.5 Å². The Labute approximate surface area is 228 Å². The summed E-state index contributed by atoms with van der Waals surface area (Å²) in [5.74, 6) is 1.38. The Morgan fingerprint density at radius 2 is 1.64 bits per heavy atom. The Kier molecular flexibility index (Phi) is 7.47. The third-order valence-electron chi connectivity index (χ3n) is 6.10. The molecule has 3 N–H and O–H groups in total. The molecule has 2 aliphatic rings. The van der Waals surface area contributed by atoms with Gasteiger partial charge in [-0.05, 0) is 48.5 Å². The van der Waals surface area contributed by atoms with Crippen molar-refractivity contribution in [2.45, 2.75) is 16.3 Å². The number of furan rings is 1. The van der Waals surface area contributed by atoms with Crippen LogP contribution in [0.5, 0.6) is 0 Å². The fraction of sp³-hybridized carbons (Fsp3) is 0.143. The van der Waals surface area contributed by atoms with Gasteiger partial charge in [0.2, 0.25) is 15.7 Å². The van der Waals surface area contributed by atoms with Crippen LogP contribution in [0.2, 0.25) is 0 Å². The second-order valence-corrected chi connectivity index (χ2v) is 13.3. The van der Waals surface area contributed by atoms with E-state index in [1.807, 2.05) is 47.9 Å². The van der Waals surface area contributed by atoms with Gasteiger partial charge in [-0.15, -0.1) is 0 Å². The van der Waals surface area contributed by atoms with Crippen LogP contribution in [0.3, 0.4) is 0 Å². The summed E-state index contributed by atoms with van der Waals surface area (Å²) >= 11 is 0. The van der Waals surface area contributed by atoms with E-state index >= 15 is 0 Å². The molecule has 202 valence electrons. The molecule has 0 saturated heterocycles. The summed E-state index contributed by atoms with van der Waals surface area (Å²) in [6, 6.07) is 18.7. The molecular formula is C28H28N4O5S2. The molecule has 0 bridgehead atoms. The summed E-state index contributed by atoms with van der Waals surface area (Å²) in [5.41, 5.74) is 3.42. The maximum atomic E-state index is 12.9. The average molecular weight is 565 g/mol. The zero-order valence-corrected chi connectivity index (χ0v) is 22.8. The zero-order chi connectivity index (χ0) is 27.5. The molecule has 2 aromatic carbocycles. The zero-order valence-electron chi connectivity index (χ0n) is 21.2. The molecular weight excluding hydrogens is 536 g/mol. The lowest BCUT2D eigenvalue weighted by molar-refractivity contribution is 0.492. The first-order chi connectivity index (χ1) is 18.7.